The zero-order valence-electron chi connectivity index (χ0n) is 15.0. The van der Waals surface area contributed by atoms with Crippen molar-refractivity contribution in [2.45, 2.75) is 26.2 Å². The van der Waals surface area contributed by atoms with E-state index in [0.29, 0.717) is 51.3 Å². The molecular formula is C19H24N4O3. The van der Waals surface area contributed by atoms with Crippen molar-refractivity contribution in [3.63, 3.8) is 0 Å². The topological polar surface area (TPSA) is 83.0 Å². The fraction of sp³-hybridized carbons (Fsp3) is 0.421. The molecule has 1 aliphatic carbocycles. The van der Waals surface area contributed by atoms with Gasteiger partial charge in [0.05, 0.1) is 13.2 Å². The normalized spacial score (nSPS) is 19.4. The van der Waals surface area contributed by atoms with Crippen molar-refractivity contribution in [1.82, 2.24) is 10.3 Å². The number of hydrogen-bond donors (Lipinski definition) is 2. The van der Waals surface area contributed by atoms with E-state index in [9.17, 15) is 9.59 Å². The number of ether oxygens (including phenoxy) is 1. The largest absolute Gasteiger partial charge is 0.378 e. The van der Waals surface area contributed by atoms with Crippen LogP contribution in [-0.2, 0) is 9.53 Å². The summed E-state index contributed by atoms with van der Waals surface area (Å²) in [6.45, 7) is 4.47. The number of rotatable bonds is 3. The third-order valence-corrected chi connectivity index (χ3v) is 4.55. The smallest absolute Gasteiger partial charge is 0.339 e. The van der Waals surface area contributed by atoms with E-state index in [2.05, 4.69) is 15.8 Å². The molecule has 2 aliphatic rings. The molecule has 1 saturated heterocycles. The molecule has 0 aromatic heterocycles. The van der Waals surface area contributed by atoms with Gasteiger partial charge in [-0.05, 0) is 31.9 Å². The highest BCUT2D eigenvalue weighted by molar-refractivity contribution is 5.99. The molecule has 1 fully saturated rings. The molecule has 138 valence electrons. The maximum Gasteiger partial charge on any atom is 0.339 e. The van der Waals surface area contributed by atoms with E-state index in [4.69, 9.17) is 4.74 Å². The summed E-state index contributed by atoms with van der Waals surface area (Å²) >= 11 is 0. The molecular weight excluding hydrogens is 332 g/mol. The summed E-state index contributed by atoms with van der Waals surface area (Å²) in [6.07, 6.45) is 1.94. The van der Waals surface area contributed by atoms with Crippen molar-refractivity contribution < 1.29 is 14.3 Å². The molecule has 0 bridgehead atoms. The second kappa shape index (κ2) is 8.62. The van der Waals surface area contributed by atoms with E-state index in [1.165, 1.54) is 0 Å². The summed E-state index contributed by atoms with van der Waals surface area (Å²) in [5, 5.41) is 6.93. The Labute approximate surface area is 153 Å². The predicted octanol–water partition coefficient (Wildman–Crippen LogP) is 2.52. The maximum absolute atomic E-state index is 12.6. The summed E-state index contributed by atoms with van der Waals surface area (Å²) in [4.78, 5) is 26.4. The van der Waals surface area contributed by atoms with Crippen molar-refractivity contribution in [2.75, 3.05) is 31.6 Å². The summed E-state index contributed by atoms with van der Waals surface area (Å²) in [7, 11) is 0. The summed E-state index contributed by atoms with van der Waals surface area (Å²) in [5.41, 5.74) is 6.02. The van der Waals surface area contributed by atoms with Crippen LogP contribution in [-0.4, -0.2) is 48.9 Å². The number of para-hydroxylation sites is 1. The fourth-order valence-corrected chi connectivity index (χ4v) is 3.14. The maximum atomic E-state index is 12.6. The number of carbonyl (C=O) groups excluding carboxylic acids is 2. The Balaban J connectivity index is 1.55. The molecule has 1 heterocycles. The molecule has 7 nitrogen and oxygen atoms in total. The molecule has 1 aromatic carbocycles. The Hall–Kier alpha value is -2.67. The highest BCUT2D eigenvalue weighted by atomic mass is 16.5. The van der Waals surface area contributed by atoms with Crippen LogP contribution in [0.2, 0.25) is 0 Å². The van der Waals surface area contributed by atoms with Gasteiger partial charge in [0.25, 0.3) is 0 Å². The van der Waals surface area contributed by atoms with Crippen LogP contribution in [0.25, 0.3) is 0 Å². The molecule has 3 amide bonds. The van der Waals surface area contributed by atoms with Crippen molar-refractivity contribution >= 4 is 23.3 Å². The first-order valence-corrected chi connectivity index (χ1v) is 8.86. The third kappa shape index (κ3) is 4.70. The monoisotopic (exact) mass is 356 g/mol. The molecule has 0 spiro atoms. The van der Waals surface area contributed by atoms with Gasteiger partial charge in [0.15, 0.2) is 0 Å². The van der Waals surface area contributed by atoms with Crippen LogP contribution in [0.1, 0.15) is 26.2 Å². The molecule has 1 aliphatic heterocycles. The van der Waals surface area contributed by atoms with Crippen LogP contribution in [0.5, 0.6) is 0 Å². The van der Waals surface area contributed by atoms with Gasteiger partial charge in [-0.25, -0.2) is 10.2 Å². The first-order chi connectivity index (χ1) is 12.6. The fourth-order valence-electron chi connectivity index (χ4n) is 3.14. The molecule has 0 unspecified atom stereocenters. The van der Waals surface area contributed by atoms with Gasteiger partial charge in [-0.15, -0.1) is 0 Å². The number of anilines is 1. The molecule has 26 heavy (non-hydrogen) atoms. The Kier molecular flexibility index (Phi) is 6.01. The van der Waals surface area contributed by atoms with Gasteiger partial charge in [-0.1, -0.05) is 23.8 Å². The number of nitrogens with one attached hydrogen (secondary N) is 2. The van der Waals surface area contributed by atoms with E-state index in [0.717, 1.165) is 16.9 Å². The first kappa shape index (κ1) is 18.1. The number of nitrogens with zero attached hydrogens (tertiary/aromatic N) is 2. The van der Waals surface area contributed by atoms with E-state index in [1.54, 1.807) is 0 Å². The second-order valence-electron chi connectivity index (χ2n) is 6.45. The van der Waals surface area contributed by atoms with Crippen LogP contribution < -0.4 is 10.7 Å². The first-order valence-electron chi connectivity index (χ1n) is 8.86. The molecule has 7 heteroatoms. The van der Waals surface area contributed by atoms with Gasteiger partial charge < -0.3 is 15.0 Å². The number of benzene rings is 1. The van der Waals surface area contributed by atoms with Gasteiger partial charge in [0, 0.05) is 36.5 Å². The zero-order chi connectivity index (χ0) is 18.4. The van der Waals surface area contributed by atoms with Crippen molar-refractivity contribution in [1.29, 1.82) is 0 Å². The average molecular weight is 356 g/mol. The second-order valence-corrected chi connectivity index (χ2v) is 6.45. The number of amides is 3. The molecule has 0 atom stereocenters. The standard InChI is InChI=1S/C19H24N4O3/c1-14-13-16(21-22-19(25)20-15-5-3-2-4-6-15)7-8-17(14)18(24)23-9-11-26-12-10-23/h2-6H,7-13H2,1H3,(H2,20,22,25)/b21-16+. The summed E-state index contributed by atoms with van der Waals surface area (Å²) in [5.74, 6) is 0.111. The molecule has 0 radical (unpaired) electrons. The van der Waals surface area contributed by atoms with Gasteiger partial charge in [-0.2, -0.15) is 5.10 Å². The SMILES string of the molecule is CC1=C(C(=O)N2CCOCC2)CC/C(=N\NC(=O)Nc2ccccc2)C1. The average Bonchev–Trinajstić information content (AvgIpc) is 2.67. The summed E-state index contributed by atoms with van der Waals surface area (Å²) < 4.78 is 5.30. The number of morpholine rings is 1. The van der Waals surface area contributed by atoms with E-state index < -0.39 is 0 Å². The van der Waals surface area contributed by atoms with E-state index >= 15 is 0 Å². The van der Waals surface area contributed by atoms with Crippen LogP contribution in [0.3, 0.4) is 0 Å². The predicted molar refractivity (Wildman–Crippen MR) is 100.0 cm³/mol. The highest BCUT2D eigenvalue weighted by Crippen LogP contribution is 2.25. The minimum atomic E-state index is -0.375. The zero-order valence-corrected chi connectivity index (χ0v) is 15.0. The Bertz CT molecular complexity index is 722. The minimum Gasteiger partial charge on any atom is -0.378 e. The van der Waals surface area contributed by atoms with Crippen molar-refractivity contribution in [3.8, 4) is 0 Å². The van der Waals surface area contributed by atoms with E-state index in [-0.39, 0.29) is 11.9 Å². The Morgan fingerprint density at radius 3 is 2.54 bits per heavy atom. The van der Waals surface area contributed by atoms with Crippen LogP contribution in [0, 0.1) is 0 Å². The van der Waals surface area contributed by atoms with Crippen molar-refractivity contribution in [3.05, 3.63) is 41.5 Å². The number of urea groups is 1. The number of hydrazone groups is 1. The summed E-state index contributed by atoms with van der Waals surface area (Å²) in [6, 6.07) is 8.83. The lowest BCUT2D eigenvalue weighted by Gasteiger charge is -2.29. The Morgan fingerprint density at radius 1 is 1.12 bits per heavy atom. The number of carbonyl (C=O) groups is 2. The number of hydrogen-bond acceptors (Lipinski definition) is 4. The van der Waals surface area contributed by atoms with Gasteiger partial charge in [0.1, 0.15) is 0 Å². The van der Waals surface area contributed by atoms with Gasteiger partial charge in [-0.3, -0.25) is 4.79 Å². The van der Waals surface area contributed by atoms with E-state index in [1.807, 2.05) is 42.2 Å². The molecule has 2 N–H and O–H groups in total. The molecule has 3 rings (SSSR count). The third-order valence-electron chi connectivity index (χ3n) is 4.55. The van der Waals surface area contributed by atoms with Crippen LogP contribution >= 0.6 is 0 Å². The van der Waals surface area contributed by atoms with Gasteiger partial charge in [0.2, 0.25) is 5.91 Å². The van der Waals surface area contributed by atoms with Crippen molar-refractivity contribution in [2.24, 2.45) is 5.10 Å². The Morgan fingerprint density at radius 2 is 1.85 bits per heavy atom. The molecule has 1 aromatic rings. The lowest BCUT2D eigenvalue weighted by molar-refractivity contribution is -0.131. The lowest BCUT2D eigenvalue weighted by Crippen LogP contribution is -2.42. The highest BCUT2D eigenvalue weighted by Gasteiger charge is 2.25. The number of allylic oxidation sites excluding steroid dienone is 1. The van der Waals surface area contributed by atoms with Gasteiger partial charge >= 0.3 is 6.03 Å². The minimum absolute atomic E-state index is 0.111. The van der Waals surface area contributed by atoms with Crippen LogP contribution in [0.15, 0.2) is 46.6 Å². The molecule has 0 saturated carbocycles. The lowest BCUT2D eigenvalue weighted by atomic mass is 9.90. The quantitative estimate of drug-likeness (QED) is 0.817. The van der Waals surface area contributed by atoms with Crippen LogP contribution in [0.4, 0.5) is 10.5 Å².